The number of nitrogen functional groups attached to an aromatic ring is 1. The Bertz CT molecular complexity index is 528. The van der Waals surface area contributed by atoms with E-state index in [2.05, 4.69) is 0 Å². The number of nitrogens with two attached hydrogens (primary N) is 1. The molecule has 0 aromatic heterocycles. The smallest absolute Gasteiger partial charge is 0.303 e. The van der Waals surface area contributed by atoms with Crippen molar-refractivity contribution in [1.29, 1.82) is 0 Å². The van der Waals surface area contributed by atoms with E-state index in [1.807, 2.05) is 19.1 Å². The highest BCUT2D eigenvalue weighted by molar-refractivity contribution is 5.99. The molecule has 0 spiro atoms. The Hall–Kier alpha value is -2.04. The minimum absolute atomic E-state index is 0.0518. The molecule has 5 nitrogen and oxygen atoms in total. The molecule has 1 aromatic carbocycles. The Morgan fingerprint density at radius 1 is 1.45 bits per heavy atom. The number of carboxylic acid groups (broad SMARTS) is 1. The van der Waals surface area contributed by atoms with Crippen LogP contribution in [0.2, 0.25) is 0 Å². The maximum atomic E-state index is 12.4. The lowest BCUT2D eigenvalue weighted by Crippen LogP contribution is -2.29. The van der Waals surface area contributed by atoms with Crippen molar-refractivity contribution < 1.29 is 14.7 Å². The Morgan fingerprint density at radius 2 is 2.20 bits per heavy atom. The molecular formula is C15H20N2O3. The topological polar surface area (TPSA) is 83.6 Å². The third-order valence-electron chi connectivity index (χ3n) is 3.78. The minimum atomic E-state index is -0.780. The number of aliphatic carboxylic acids is 1. The summed E-state index contributed by atoms with van der Waals surface area (Å²) in [6.07, 6.45) is 1.66. The summed E-state index contributed by atoms with van der Waals surface area (Å²) in [5.74, 6) is -0.553. The zero-order valence-corrected chi connectivity index (χ0v) is 11.6. The Morgan fingerprint density at radius 3 is 2.90 bits per heavy atom. The van der Waals surface area contributed by atoms with Crippen LogP contribution in [0.15, 0.2) is 18.2 Å². The van der Waals surface area contributed by atoms with E-state index >= 15 is 0 Å². The molecule has 1 aliphatic rings. The highest BCUT2D eigenvalue weighted by Gasteiger charge is 2.28. The molecule has 0 bridgehead atoms. The molecule has 1 amide bonds. The van der Waals surface area contributed by atoms with Crippen LogP contribution in [-0.4, -0.2) is 35.0 Å². The molecule has 3 N–H and O–H groups in total. The lowest BCUT2D eigenvalue weighted by molar-refractivity contribution is -0.137. The van der Waals surface area contributed by atoms with Crippen molar-refractivity contribution in [3.8, 4) is 0 Å². The van der Waals surface area contributed by atoms with Gasteiger partial charge in [-0.15, -0.1) is 0 Å². The molecule has 1 fully saturated rings. The van der Waals surface area contributed by atoms with Crippen molar-refractivity contribution in [2.24, 2.45) is 5.92 Å². The molecule has 0 aliphatic carbocycles. The highest BCUT2D eigenvalue weighted by atomic mass is 16.4. The number of carbonyl (C=O) groups excluding carboxylic acids is 1. The van der Waals surface area contributed by atoms with Gasteiger partial charge in [0.1, 0.15) is 0 Å². The zero-order valence-electron chi connectivity index (χ0n) is 11.6. The molecule has 0 radical (unpaired) electrons. The number of carbonyl (C=O) groups is 2. The van der Waals surface area contributed by atoms with Gasteiger partial charge in [-0.1, -0.05) is 11.6 Å². The summed E-state index contributed by atoms with van der Waals surface area (Å²) in [5.41, 5.74) is 7.91. The summed E-state index contributed by atoms with van der Waals surface area (Å²) in [6.45, 7) is 3.23. The van der Waals surface area contributed by atoms with E-state index in [4.69, 9.17) is 10.8 Å². The summed E-state index contributed by atoms with van der Waals surface area (Å²) in [5, 5.41) is 8.70. The number of aryl methyl sites for hydroxylation is 1. The monoisotopic (exact) mass is 276 g/mol. The first-order valence-corrected chi connectivity index (χ1v) is 6.84. The third-order valence-corrected chi connectivity index (χ3v) is 3.78. The quantitative estimate of drug-likeness (QED) is 0.823. The summed E-state index contributed by atoms with van der Waals surface area (Å²) >= 11 is 0. The number of likely N-dealkylation sites (tertiary alicyclic amines) is 1. The van der Waals surface area contributed by atoms with Gasteiger partial charge in [0.2, 0.25) is 0 Å². The second kappa shape index (κ2) is 5.94. The normalized spacial score (nSPS) is 18.2. The molecule has 0 saturated carbocycles. The van der Waals surface area contributed by atoms with Crippen molar-refractivity contribution in [1.82, 2.24) is 4.90 Å². The summed E-state index contributed by atoms with van der Waals surface area (Å²) in [4.78, 5) is 24.8. The second-order valence-corrected chi connectivity index (χ2v) is 5.43. The van der Waals surface area contributed by atoms with Crippen molar-refractivity contribution in [3.63, 3.8) is 0 Å². The summed E-state index contributed by atoms with van der Waals surface area (Å²) in [7, 11) is 0. The number of anilines is 1. The number of hydrogen-bond donors (Lipinski definition) is 2. The van der Waals surface area contributed by atoms with Gasteiger partial charge in [0, 0.05) is 25.2 Å². The summed E-state index contributed by atoms with van der Waals surface area (Å²) < 4.78 is 0. The fourth-order valence-electron chi connectivity index (χ4n) is 2.61. The molecule has 2 rings (SSSR count). The van der Waals surface area contributed by atoms with Crippen molar-refractivity contribution >= 4 is 17.6 Å². The Kier molecular flexibility index (Phi) is 4.27. The number of rotatable bonds is 4. The molecule has 1 aliphatic heterocycles. The van der Waals surface area contributed by atoms with E-state index in [1.54, 1.807) is 11.0 Å². The van der Waals surface area contributed by atoms with Crippen LogP contribution in [0.1, 0.15) is 35.2 Å². The van der Waals surface area contributed by atoms with Crippen LogP contribution in [0.3, 0.4) is 0 Å². The van der Waals surface area contributed by atoms with Crippen LogP contribution >= 0.6 is 0 Å². The highest BCUT2D eigenvalue weighted by Crippen LogP contribution is 2.24. The standard InChI is InChI=1S/C15H20N2O3/c1-10-2-4-13(16)12(8-10)15(20)17-7-6-11(9-17)3-5-14(18)19/h2,4,8,11H,3,5-7,9,16H2,1H3,(H,18,19). The number of hydrogen-bond acceptors (Lipinski definition) is 3. The number of carboxylic acids is 1. The molecule has 1 heterocycles. The maximum absolute atomic E-state index is 12.4. The van der Waals surface area contributed by atoms with Gasteiger partial charge in [-0.25, -0.2) is 0 Å². The van der Waals surface area contributed by atoms with Crippen LogP contribution in [-0.2, 0) is 4.79 Å². The third kappa shape index (κ3) is 3.29. The largest absolute Gasteiger partial charge is 0.481 e. The SMILES string of the molecule is Cc1ccc(N)c(C(=O)N2CCC(CCC(=O)O)C2)c1. The predicted octanol–water partition coefficient (Wildman–Crippen LogP) is 1.90. The molecule has 1 atom stereocenters. The number of nitrogens with zero attached hydrogens (tertiary/aromatic N) is 1. The Balaban J connectivity index is 2.00. The van der Waals surface area contributed by atoms with Crippen LogP contribution in [0, 0.1) is 12.8 Å². The van der Waals surface area contributed by atoms with Crippen LogP contribution in [0.4, 0.5) is 5.69 Å². The van der Waals surface area contributed by atoms with E-state index < -0.39 is 5.97 Å². The van der Waals surface area contributed by atoms with Gasteiger partial charge < -0.3 is 15.7 Å². The first-order chi connectivity index (χ1) is 9.47. The van der Waals surface area contributed by atoms with E-state index in [1.165, 1.54) is 0 Å². The van der Waals surface area contributed by atoms with Gasteiger partial charge in [0.15, 0.2) is 0 Å². The zero-order chi connectivity index (χ0) is 14.7. The lowest BCUT2D eigenvalue weighted by Gasteiger charge is -2.18. The fraction of sp³-hybridized carbons (Fsp3) is 0.467. The van der Waals surface area contributed by atoms with E-state index in [-0.39, 0.29) is 18.2 Å². The second-order valence-electron chi connectivity index (χ2n) is 5.43. The molecular weight excluding hydrogens is 256 g/mol. The van der Waals surface area contributed by atoms with Crippen molar-refractivity contribution in [2.75, 3.05) is 18.8 Å². The fourth-order valence-corrected chi connectivity index (χ4v) is 2.61. The van der Waals surface area contributed by atoms with Gasteiger partial charge in [-0.2, -0.15) is 0 Å². The number of amides is 1. The van der Waals surface area contributed by atoms with Crippen LogP contribution < -0.4 is 5.73 Å². The first kappa shape index (κ1) is 14.4. The maximum Gasteiger partial charge on any atom is 0.303 e. The Labute approximate surface area is 118 Å². The van der Waals surface area contributed by atoms with Crippen molar-refractivity contribution in [3.05, 3.63) is 29.3 Å². The molecule has 108 valence electrons. The summed E-state index contributed by atoms with van der Waals surface area (Å²) in [6, 6.07) is 5.44. The number of benzene rings is 1. The minimum Gasteiger partial charge on any atom is -0.481 e. The first-order valence-electron chi connectivity index (χ1n) is 6.84. The van der Waals surface area contributed by atoms with Gasteiger partial charge in [-0.05, 0) is 37.8 Å². The van der Waals surface area contributed by atoms with E-state index in [0.717, 1.165) is 12.0 Å². The average molecular weight is 276 g/mol. The van der Waals surface area contributed by atoms with Crippen LogP contribution in [0.25, 0.3) is 0 Å². The van der Waals surface area contributed by atoms with Crippen LogP contribution in [0.5, 0.6) is 0 Å². The van der Waals surface area contributed by atoms with Gasteiger partial charge >= 0.3 is 5.97 Å². The van der Waals surface area contributed by atoms with E-state index in [0.29, 0.717) is 30.8 Å². The molecule has 5 heteroatoms. The molecule has 20 heavy (non-hydrogen) atoms. The predicted molar refractivity (Wildman–Crippen MR) is 76.5 cm³/mol. The molecule has 1 unspecified atom stereocenters. The van der Waals surface area contributed by atoms with Gasteiger partial charge in [0.25, 0.3) is 5.91 Å². The lowest BCUT2D eigenvalue weighted by atomic mass is 10.0. The van der Waals surface area contributed by atoms with Gasteiger partial charge in [0.05, 0.1) is 5.56 Å². The van der Waals surface area contributed by atoms with E-state index in [9.17, 15) is 9.59 Å². The van der Waals surface area contributed by atoms with Gasteiger partial charge in [-0.3, -0.25) is 9.59 Å². The average Bonchev–Trinajstić information content (AvgIpc) is 2.87. The molecule has 1 saturated heterocycles. The van der Waals surface area contributed by atoms with Crippen molar-refractivity contribution in [2.45, 2.75) is 26.2 Å². The molecule has 1 aromatic rings.